The van der Waals surface area contributed by atoms with Crippen molar-refractivity contribution in [1.82, 2.24) is 0 Å². The van der Waals surface area contributed by atoms with Crippen molar-refractivity contribution in [2.75, 3.05) is 0 Å². The predicted molar refractivity (Wildman–Crippen MR) is 35.6 cm³/mol. The third kappa shape index (κ3) is 0.247. The minimum atomic E-state index is 0.565. The molecule has 0 saturated heterocycles. The van der Waals surface area contributed by atoms with Crippen molar-refractivity contribution in [3.05, 3.63) is 0 Å². The fourth-order valence-electron chi connectivity index (χ4n) is 3.61. The molecule has 4 aliphatic carbocycles. The van der Waals surface area contributed by atoms with Crippen LogP contribution in [0.3, 0.4) is 0 Å². The third-order valence-electron chi connectivity index (χ3n) is 4.11. The Kier molecular flexibility index (Phi) is 0.435. The van der Waals surface area contributed by atoms with Crippen molar-refractivity contribution in [2.45, 2.75) is 19.0 Å². The van der Waals surface area contributed by atoms with Crippen LogP contribution in [0.25, 0.3) is 0 Å². The Bertz CT molecular complexity index is 238. The van der Waals surface area contributed by atoms with Crippen LogP contribution in [0.2, 0.25) is 0 Å². The van der Waals surface area contributed by atoms with Crippen molar-refractivity contribution in [3.63, 3.8) is 0 Å². The molecule has 2 nitrogen and oxygen atoms in total. The van der Waals surface area contributed by atoms with Crippen LogP contribution in [-0.2, 0) is 0 Å². The molecule has 4 saturated carbocycles. The van der Waals surface area contributed by atoms with Crippen LogP contribution in [0.5, 0.6) is 0 Å². The smallest absolute Gasteiger partial charge is 0.0794 e. The lowest BCUT2D eigenvalue weighted by Gasteiger charge is -2.08. The zero-order valence-electron chi connectivity index (χ0n) is 5.94. The summed E-state index contributed by atoms with van der Waals surface area (Å²) in [4.78, 5) is 0. The highest BCUT2D eigenvalue weighted by atomic mass is 15.2. The van der Waals surface area contributed by atoms with Gasteiger partial charge in [-0.15, -0.1) is 0 Å². The van der Waals surface area contributed by atoms with E-state index in [1.807, 2.05) is 0 Å². The average molecular weight is 134 g/mol. The highest BCUT2D eigenvalue weighted by molar-refractivity contribution is 5.34. The standard InChI is InChI=1S/C8H10N2/c1-2-3-4-5-6(4)7(5)8(3)10-9-2/h2-8H,1H3/t2-,3-,4?,5-,6?,7?,8-/m1/s1. The normalized spacial score (nSPS) is 79.1. The summed E-state index contributed by atoms with van der Waals surface area (Å²) in [7, 11) is 0. The molecule has 0 radical (unpaired) electrons. The molecule has 2 heteroatoms. The summed E-state index contributed by atoms with van der Waals surface area (Å²) >= 11 is 0. The van der Waals surface area contributed by atoms with Gasteiger partial charge in [0.05, 0.1) is 12.1 Å². The molecular weight excluding hydrogens is 124 g/mol. The molecule has 0 aromatic carbocycles. The lowest BCUT2D eigenvalue weighted by atomic mass is 9.98. The van der Waals surface area contributed by atoms with Crippen molar-refractivity contribution in [3.8, 4) is 0 Å². The molecule has 0 aromatic rings. The fraction of sp³-hybridized carbons (Fsp3) is 1.00. The highest BCUT2D eigenvalue weighted by Crippen LogP contribution is 2.85. The summed E-state index contributed by atoms with van der Waals surface area (Å²) in [6, 6.07) is 1.25. The molecule has 1 aliphatic heterocycles. The zero-order chi connectivity index (χ0) is 6.46. The summed E-state index contributed by atoms with van der Waals surface area (Å²) in [5.74, 6) is 5.26. The number of hydrogen-bond donors (Lipinski definition) is 0. The molecule has 0 aromatic heterocycles. The van der Waals surface area contributed by atoms with Gasteiger partial charge >= 0.3 is 0 Å². The van der Waals surface area contributed by atoms with Crippen LogP contribution < -0.4 is 0 Å². The summed E-state index contributed by atoms with van der Waals surface area (Å²) in [6.07, 6.45) is 0. The second-order valence-corrected chi connectivity index (χ2v) is 4.35. The highest BCUT2D eigenvalue weighted by Gasteiger charge is 2.85. The van der Waals surface area contributed by atoms with E-state index in [4.69, 9.17) is 0 Å². The molecule has 5 rings (SSSR count). The van der Waals surface area contributed by atoms with Gasteiger partial charge in [-0.25, -0.2) is 0 Å². The number of rotatable bonds is 0. The fourth-order valence-corrected chi connectivity index (χ4v) is 3.61. The van der Waals surface area contributed by atoms with Gasteiger partial charge in [-0.1, -0.05) is 0 Å². The molecule has 1 heterocycles. The number of hydrogen-bond acceptors (Lipinski definition) is 2. The van der Waals surface area contributed by atoms with Crippen molar-refractivity contribution < 1.29 is 0 Å². The van der Waals surface area contributed by atoms with E-state index in [9.17, 15) is 0 Å². The lowest BCUT2D eigenvalue weighted by molar-refractivity contribution is 0.445. The molecule has 0 spiro atoms. The maximum Gasteiger partial charge on any atom is 0.0794 e. The van der Waals surface area contributed by atoms with E-state index < -0.39 is 0 Å². The van der Waals surface area contributed by atoms with Gasteiger partial charge in [0.15, 0.2) is 0 Å². The van der Waals surface area contributed by atoms with Crippen molar-refractivity contribution in [2.24, 2.45) is 39.8 Å². The van der Waals surface area contributed by atoms with Gasteiger partial charge in [0.1, 0.15) is 0 Å². The van der Waals surface area contributed by atoms with E-state index in [0.717, 1.165) is 29.6 Å². The van der Waals surface area contributed by atoms with Gasteiger partial charge < -0.3 is 0 Å². The van der Waals surface area contributed by atoms with Crippen LogP contribution in [0.15, 0.2) is 10.2 Å². The van der Waals surface area contributed by atoms with Gasteiger partial charge in [0, 0.05) is 5.92 Å². The maximum absolute atomic E-state index is 4.35. The van der Waals surface area contributed by atoms with E-state index in [2.05, 4.69) is 17.2 Å². The quantitative estimate of drug-likeness (QED) is 0.477. The third-order valence-corrected chi connectivity index (χ3v) is 4.11. The Morgan fingerprint density at radius 2 is 1.50 bits per heavy atom. The van der Waals surface area contributed by atoms with Gasteiger partial charge in [0.2, 0.25) is 0 Å². The van der Waals surface area contributed by atoms with Crippen LogP contribution in [0, 0.1) is 29.6 Å². The number of azo groups is 1. The SMILES string of the molecule is C[C@H]1N=N[C@H]2C3C4C([C@H]43)[C@@H]12. The molecule has 7 atom stereocenters. The molecule has 10 heavy (non-hydrogen) atoms. The van der Waals surface area contributed by atoms with E-state index >= 15 is 0 Å². The minimum Gasteiger partial charge on any atom is -0.190 e. The Morgan fingerprint density at radius 3 is 2.20 bits per heavy atom. The predicted octanol–water partition coefficient (Wildman–Crippen LogP) is 1.33. The maximum atomic E-state index is 4.35. The Labute approximate surface area is 59.7 Å². The molecule has 5 aliphatic rings. The van der Waals surface area contributed by atoms with Crippen LogP contribution >= 0.6 is 0 Å². The van der Waals surface area contributed by atoms with Crippen LogP contribution in [0.4, 0.5) is 0 Å². The second kappa shape index (κ2) is 0.973. The first-order valence-electron chi connectivity index (χ1n) is 4.29. The van der Waals surface area contributed by atoms with E-state index in [1.54, 1.807) is 0 Å². The van der Waals surface area contributed by atoms with Gasteiger partial charge in [-0.3, -0.25) is 0 Å². The van der Waals surface area contributed by atoms with Crippen molar-refractivity contribution >= 4 is 0 Å². The molecule has 0 N–H and O–H groups in total. The number of nitrogens with zero attached hydrogens (tertiary/aromatic N) is 2. The van der Waals surface area contributed by atoms with Crippen LogP contribution in [-0.4, -0.2) is 12.1 Å². The van der Waals surface area contributed by atoms with E-state index in [0.29, 0.717) is 12.1 Å². The summed E-state index contributed by atoms with van der Waals surface area (Å²) in [5, 5.41) is 8.59. The monoisotopic (exact) mass is 134 g/mol. The Hall–Kier alpha value is -0.400. The first-order valence-corrected chi connectivity index (χ1v) is 4.29. The topological polar surface area (TPSA) is 24.7 Å². The van der Waals surface area contributed by atoms with Crippen LogP contribution in [0.1, 0.15) is 6.92 Å². The summed E-state index contributed by atoms with van der Waals surface area (Å²) < 4.78 is 0. The molecule has 2 bridgehead atoms. The molecule has 4 fully saturated rings. The average Bonchev–Trinajstić information content (AvgIpc) is 2.67. The lowest BCUT2D eigenvalue weighted by Crippen LogP contribution is -2.16. The van der Waals surface area contributed by atoms with E-state index in [-0.39, 0.29) is 0 Å². The molecule has 0 amide bonds. The second-order valence-electron chi connectivity index (χ2n) is 4.35. The molecule has 52 valence electrons. The summed E-state index contributed by atoms with van der Waals surface area (Å²) in [5.41, 5.74) is 0. The van der Waals surface area contributed by atoms with Crippen molar-refractivity contribution in [1.29, 1.82) is 0 Å². The Morgan fingerprint density at radius 1 is 0.800 bits per heavy atom. The molecule has 3 unspecified atom stereocenters. The zero-order valence-corrected chi connectivity index (χ0v) is 5.94. The first kappa shape index (κ1) is 4.47. The van der Waals surface area contributed by atoms with Gasteiger partial charge in [-0.2, -0.15) is 10.2 Å². The minimum absolute atomic E-state index is 0.565. The molecular formula is C8H10N2. The van der Waals surface area contributed by atoms with Gasteiger partial charge in [-0.05, 0) is 30.6 Å². The van der Waals surface area contributed by atoms with E-state index in [1.165, 1.54) is 0 Å². The first-order chi connectivity index (χ1) is 4.89. The van der Waals surface area contributed by atoms with Gasteiger partial charge in [0.25, 0.3) is 0 Å². The summed E-state index contributed by atoms with van der Waals surface area (Å²) in [6.45, 7) is 2.23. The largest absolute Gasteiger partial charge is 0.190 e. The Balaban J connectivity index is 1.86.